The van der Waals surface area contributed by atoms with Crippen molar-refractivity contribution in [3.8, 4) is 0 Å². The summed E-state index contributed by atoms with van der Waals surface area (Å²) in [5.74, 6) is -2.43. The van der Waals surface area contributed by atoms with E-state index in [0.717, 1.165) is 67.5 Å². The number of amides is 6. The first kappa shape index (κ1) is 45.4. The van der Waals surface area contributed by atoms with Crippen LogP contribution in [0.1, 0.15) is 93.1 Å². The molecule has 1 aliphatic carbocycles. The van der Waals surface area contributed by atoms with E-state index in [9.17, 15) is 37.5 Å². The third kappa shape index (κ3) is 12.5. The largest absolute Gasteiger partial charge is 0.444 e. The van der Waals surface area contributed by atoms with Gasteiger partial charge < -0.3 is 29.7 Å². The molecule has 3 heterocycles. The first-order valence-electron chi connectivity index (χ1n) is 21.8. The van der Waals surface area contributed by atoms with Crippen molar-refractivity contribution in [3.05, 3.63) is 70.8 Å². The lowest BCUT2D eigenvalue weighted by Gasteiger charge is -2.39. The molecule has 2 atom stereocenters. The standard InChI is InChI=1S/C45H61F2N7O7/c1-45(2,3)61-44(60)54(28-36-14-15-37(46)26-38(36)47)30-40(57)53-16-8-13-35(27-53)33-11-7-12-34(25-33)42(58)48-41(32-9-5-4-6-10-32)43(59)52-23-17-49(18-24-52)29-39(56)51-21-19-50(31-55)20-22-51/h7,11-12,14-15,25-26,31-32,35,41H,4-6,8-10,13,16-24,27-30H2,1-3H3,(H,48,58)/t35?,41-/m1/s1. The van der Waals surface area contributed by atoms with Crippen LogP contribution in [0, 0.1) is 17.6 Å². The Morgan fingerprint density at radius 1 is 0.820 bits per heavy atom. The highest BCUT2D eigenvalue weighted by Crippen LogP contribution is 2.30. The van der Waals surface area contributed by atoms with Crippen LogP contribution in [0.25, 0.3) is 0 Å². The summed E-state index contributed by atoms with van der Waals surface area (Å²) in [6.07, 6.45) is 6.24. The van der Waals surface area contributed by atoms with Gasteiger partial charge in [0.15, 0.2) is 0 Å². The number of rotatable bonds is 12. The van der Waals surface area contributed by atoms with Crippen molar-refractivity contribution in [3.63, 3.8) is 0 Å². The Morgan fingerprint density at radius 3 is 2.20 bits per heavy atom. The number of benzene rings is 2. The molecule has 0 bridgehead atoms. The SMILES string of the molecule is CC(C)(C)OC(=O)N(CC(=O)N1CCCC(c2cccc(C(=O)N[C@@H](C(=O)N3CCN(CC(=O)N4CCN(C=O)CC4)CC3)C3CCCCC3)c2)C1)Cc1ccc(F)cc1F. The summed E-state index contributed by atoms with van der Waals surface area (Å²) in [6, 6.07) is 9.70. The van der Waals surface area contributed by atoms with Crippen LogP contribution in [0.15, 0.2) is 42.5 Å². The van der Waals surface area contributed by atoms with Crippen molar-refractivity contribution in [1.82, 2.24) is 34.7 Å². The zero-order chi connectivity index (χ0) is 43.7. The van der Waals surface area contributed by atoms with Gasteiger partial charge in [-0.3, -0.25) is 33.8 Å². The van der Waals surface area contributed by atoms with Crippen molar-refractivity contribution < 1.29 is 42.3 Å². The number of carbonyl (C=O) groups is 6. The number of nitrogens with one attached hydrogen (secondary N) is 1. The molecule has 2 aromatic carbocycles. The maximum absolute atomic E-state index is 14.7. The molecule has 4 aliphatic rings. The molecule has 14 nitrogen and oxygen atoms in total. The number of hydrogen-bond acceptors (Lipinski definition) is 8. The average Bonchev–Trinajstić information content (AvgIpc) is 3.25. The average molecular weight is 850 g/mol. The minimum Gasteiger partial charge on any atom is -0.444 e. The number of piperidine rings is 1. The van der Waals surface area contributed by atoms with Gasteiger partial charge in [0.25, 0.3) is 5.91 Å². The molecule has 4 fully saturated rings. The monoisotopic (exact) mass is 849 g/mol. The Morgan fingerprint density at radius 2 is 1.52 bits per heavy atom. The summed E-state index contributed by atoms with van der Waals surface area (Å²) in [6.45, 7) is 9.58. The van der Waals surface area contributed by atoms with Crippen LogP contribution in [0.2, 0.25) is 0 Å². The number of hydrogen-bond donors (Lipinski definition) is 1. The summed E-state index contributed by atoms with van der Waals surface area (Å²) >= 11 is 0. The van der Waals surface area contributed by atoms with Gasteiger partial charge in [0.2, 0.25) is 24.1 Å². The van der Waals surface area contributed by atoms with Gasteiger partial charge in [-0.25, -0.2) is 13.6 Å². The van der Waals surface area contributed by atoms with Crippen LogP contribution in [0.3, 0.4) is 0 Å². The summed E-state index contributed by atoms with van der Waals surface area (Å²) in [5.41, 5.74) is 0.476. The van der Waals surface area contributed by atoms with Gasteiger partial charge in [0, 0.05) is 88.6 Å². The Bertz CT molecular complexity index is 1890. The Labute approximate surface area is 357 Å². The number of halogens is 2. The maximum Gasteiger partial charge on any atom is 0.411 e. The van der Waals surface area contributed by atoms with Gasteiger partial charge in [-0.2, -0.15) is 0 Å². The summed E-state index contributed by atoms with van der Waals surface area (Å²) in [5, 5.41) is 3.13. The predicted octanol–water partition coefficient (Wildman–Crippen LogP) is 4.23. The normalized spacial score (nSPS) is 19.9. The van der Waals surface area contributed by atoms with Gasteiger partial charge in [-0.15, -0.1) is 0 Å². The molecule has 16 heteroatoms. The molecule has 0 aromatic heterocycles. The topological polar surface area (TPSA) is 143 Å². The van der Waals surface area contributed by atoms with Gasteiger partial charge in [0.1, 0.15) is 29.8 Å². The molecule has 1 N–H and O–H groups in total. The molecule has 0 radical (unpaired) electrons. The molecule has 6 rings (SSSR count). The summed E-state index contributed by atoms with van der Waals surface area (Å²) < 4.78 is 33.8. The molecular formula is C45H61F2N7O7. The molecule has 0 spiro atoms. The van der Waals surface area contributed by atoms with E-state index >= 15 is 0 Å². The Hall–Kier alpha value is -5.12. The fourth-order valence-electron chi connectivity index (χ4n) is 8.80. The van der Waals surface area contributed by atoms with Crippen molar-refractivity contribution in [2.24, 2.45) is 5.92 Å². The molecule has 1 unspecified atom stereocenters. The third-order valence-electron chi connectivity index (χ3n) is 12.3. The quantitative estimate of drug-likeness (QED) is 0.313. The van der Waals surface area contributed by atoms with Crippen LogP contribution in [-0.2, 0) is 30.5 Å². The second-order valence-electron chi connectivity index (χ2n) is 17.8. The zero-order valence-corrected chi connectivity index (χ0v) is 35.8. The van der Waals surface area contributed by atoms with E-state index in [0.29, 0.717) is 77.4 Å². The molecule has 1 saturated carbocycles. The highest BCUT2D eigenvalue weighted by molar-refractivity contribution is 5.98. The third-order valence-corrected chi connectivity index (χ3v) is 12.3. The predicted molar refractivity (Wildman–Crippen MR) is 223 cm³/mol. The van der Waals surface area contributed by atoms with E-state index in [4.69, 9.17) is 4.74 Å². The van der Waals surface area contributed by atoms with Crippen molar-refractivity contribution in [2.75, 3.05) is 78.5 Å². The molecule has 2 aromatic rings. The number of nitrogens with zero attached hydrogens (tertiary/aromatic N) is 6. The molecular weight excluding hydrogens is 789 g/mol. The number of likely N-dealkylation sites (tertiary alicyclic amines) is 1. The van der Waals surface area contributed by atoms with Crippen LogP contribution in [-0.4, -0.2) is 156 Å². The highest BCUT2D eigenvalue weighted by Gasteiger charge is 2.36. The summed E-state index contributed by atoms with van der Waals surface area (Å²) in [7, 11) is 0. The van der Waals surface area contributed by atoms with Crippen LogP contribution in [0.4, 0.5) is 13.6 Å². The van der Waals surface area contributed by atoms with Crippen molar-refractivity contribution in [1.29, 1.82) is 0 Å². The van der Waals surface area contributed by atoms with Crippen molar-refractivity contribution in [2.45, 2.75) is 89.8 Å². The van der Waals surface area contributed by atoms with Crippen molar-refractivity contribution >= 4 is 36.1 Å². The maximum atomic E-state index is 14.7. The first-order valence-corrected chi connectivity index (χ1v) is 21.8. The van der Waals surface area contributed by atoms with E-state index in [1.165, 1.54) is 6.07 Å². The van der Waals surface area contributed by atoms with E-state index in [1.807, 2.05) is 23.1 Å². The Balaban J connectivity index is 1.07. The van der Waals surface area contributed by atoms with E-state index in [2.05, 4.69) is 10.2 Å². The molecule has 332 valence electrons. The lowest BCUT2D eigenvalue weighted by molar-refractivity contribution is -0.139. The first-order chi connectivity index (χ1) is 29.2. The minimum atomic E-state index is -0.869. The smallest absolute Gasteiger partial charge is 0.411 e. The van der Waals surface area contributed by atoms with Crippen LogP contribution < -0.4 is 5.32 Å². The van der Waals surface area contributed by atoms with E-state index in [-0.39, 0.29) is 60.7 Å². The second kappa shape index (κ2) is 20.6. The highest BCUT2D eigenvalue weighted by atomic mass is 19.1. The lowest BCUT2D eigenvalue weighted by Crippen LogP contribution is -2.58. The fraction of sp³-hybridized carbons (Fsp3) is 0.600. The zero-order valence-electron chi connectivity index (χ0n) is 35.8. The molecule has 6 amide bonds. The lowest BCUT2D eigenvalue weighted by atomic mass is 9.83. The van der Waals surface area contributed by atoms with Gasteiger partial charge >= 0.3 is 6.09 Å². The van der Waals surface area contributed by atoms with Gasteiger partial charge in [-0.05, 0) is 76.1 Å². The Kier molecular flexibility index (Phi) is 15.4. The molecule has 61 heavy (non-hydrogen) atoms. The second-order valence-corrected chi connectivity index (χ2v) is 17.8. The summed E-state index contributed by atoms with van der Waals surface area (Å²) in [4.78, 5) is 89.4. The molecule has 3 aliphatic heterocycles. The minimum absolute atomic E-state index is 0.00994. The van der Waals surface area contributed by atoms with Crippen LogP contribution in [0.5, 0.6) is 0 Å². The number of carbonyl (C=O) groups excluding carboxylic acids is 6. The number of ether oxygens (including phenoxy) is 1. The molecule has 3 saturated heterocycles. The van der Waals surface area contributed by atoms with Gasteiger partial charge in [-0.1, -0.05) is 37.5 Å². The number of piperazine rings is 2. The van der Waals surface area contributed by atoms with E-state index in [1.54, 1.807) is 41.5 Å². The van der Waals surface area contributed by atoms with Crippen LogP contribution >= 0.6 is 0 Å². The fourth-order valence-corrected chi connectivity index (χ4v) is 8.80. The van der Waals surface area contributed by atoms with E-state index < -0.39 is 29.4 Å². The van der Waals surface area contributed by atoms with Gasteiger partial charge in [0.05, 0.1) is 13.1 Å².